The molecule has 0 unspecified atom stereocenters. The maximum Gasteiger partial charge on any atom is 0.259 e. The first-order valence-corrected chi connectivity index (χ1v) is 7.62. The summed E-state index contributed by atoms with van der Waals surface area (Å²) >= 11 is 0. The SMILES string of the molecule is COc1ccccc1NCC(=O)N/N=C(C)\C=C/c1ccccc1. The highest BCUT2D eigenvalue weighted by Crippen LogP contribution is 2.22. The van der Waals surface area contributed by atoms with Gasteiger partial charge in [0.15, 0.2) is 0 Å². The van der Waals surface area contributed by atoms with Crippen LogP contribution in [0.5, 0.6) is 5.75 Å². The van der Waals surface area contributed by atoms with E-state index in [-0.39, 0.29) is 12.5 Å². The number of amides is 1. The van der Waals surface area contributed by atoms with Gasteiger partial charge in [-0.1, -0.05) is 48.5 Å². The van der Waals surface area contributed by atoms with Crippen molar-refractivity contribution in [1.29, 1.82) is 0 Å². The number of anilines is 1. The van der Waals surface area contributed by atoms with Crippen molar-refractivity contribution >= 4 is 23.4 Å². The second kappa shape index (κ2) is 9.15. The van der Waals surface area contributed by atoms with Crippen LogP contribution < -0.4 is 15.5 Å². The van der Waals surface area contributed by atoms with Gasteiger partial charge in [0.25, 0.3) is 5.91 Å². The Bertz CT molecular complexity index is 724. The second-order valence-electron chi connectivity index (χ2n) is 5.09. The van der Waals surface area contributed by atoms with E-state index in [1.54, 1.807) is 7.11 Å². The largest absolute Gasteiger partial charge is 0.495 e. The van der Waals surface area contributed by atoms with E-state index in [0.717, 1.165) is 11.3 Å². The summed E-state index contributed by atoms with van der Waals surface area (Å²) < 4.78 is 5.22. The smallest absolute Gasteiger partial charge is 0.259 e. The minimum atomic E-state index is -0.228. The van der Waals surface area contributed by atoms with Gasteiger partial charge in [-0.3, -0.25) is 4.79 Å². The molecule has 2 rings (SSSR count). The first-order valence-electron chi connectivity index (χ1n) is 7.62. The molecule has 0 radical (unpaired) electrons. The number of carbonyl (C=O) groups excluding carboxylic acids is 1. The zero-order chi connectivity index (χ0) is 17.2. The number of hydrazone groups is 1. The molecule has 0 aliphatic heterocycles. The number of nitrogens with one attached hydrogen (secondary N) is 2. The molecular weight excluding hydrogens is 302 g/mol. The normalized spacial score (nSPS) is 11.3. The van der Waals surface area contributed by atoms with Crippen molar-refractivity contribution in [2.24, 2.45) is 5.10 Å². The van der Waals surface area contributed by atoms with E-state index in [0.29, 0.717) is 11.5 Å². The molecule has 5 nitrogen and oxygen atoms in total. The minimum Gasteiger partial charge on any atom is -0.495 e. The van der Waals surface area contributed by atoms with Gasteiger partial charge in [-0.15, -0.1) is 0 Å². The summed E-state index contributed by atoms with van der Waals surface area (Å²) in [5.41, 5.74) is 5.08. The van der Waals surface area contributed by atoms with Gasteiger partial charge in [0, 0.05) is 0 Å². The van der Waals surface area contributed by atoms with Crippen LogP contribution in [0.4, 0.5) is 5.69 Å². The third-order valence-electron chi connectivity index (χ3n) is 3.22. The van der Waals surface area contributed by atoms with Crippen LogP contribution in [0.1, 0.15) is 12.5 Å². The Morgan fingerprint density at radius 1 is 1.12 bits per heavy atom. The summed E-state index contributed by atoms with van der Waals surface area (Å²) in [6.45, 7) is 1.94. The van der Waals surface area contributed by atoms with E-state index in [9.17, 15) is 4.79 Å². The molecule has 0 saturated heterocycles. The lowest BCUT2D eigenvalue weighted by atomic mass is 10.2. The van der Waals surface area contributed by atoms with Crippen molar-refractivity contribution in [3.05, 3.63) is 66.2 Å². The predicted octanol–water partition coefficient (Wildman–Crippen LogP) is 3.31. The van der Waals surface area contributed by atoms with Crippen LogP contribution in [0.3, 0.4) is 0 Å². The fraction of sp³-hybridized carbons (Fsp3) is 0.158. The zero-order valence-corrected chi connectivity index (χ0v) is 13.8. The number of rotatable bonds is 7. The Labute approximate surface area is 142 Å². The van der Waals surface area contributed by atoms with E-state index in [2.05, 4.69) is 15.8 Å². The van der Waals surface area contributed by atoms with Crippen LogP contribution in [-0.4, -0.2) is 25.3 Å². The topological polar surface area (TPSA) is 62.7 Å². The maximum atomic E-state index is 11.8. The van der Waals surface area contributed by atoms with Crippen LogP contribution in [0.15, 0.2) is 65.8 Å². The summed E-state index contributed by atoms with van der Waals surface area (Å²) in [4.78, 5) is 11.8. The van der Waals surface area contributed by atoms with Gasteiger partial charge in [-0.05, 0) is 30.7 Å². The van der Waals surface area contributed by atoms with Crippen molar-refractivity contribution in [2.45, 2.75) is 6.92 Å². The van der Waals surface area contributed by atoms with Crippen molar-refractivity contribution < 1.29 is 9.53 Å². The molecule has 2 aromatic carbocycles. The standard InChI is InChI=1S/C19H21N3O2/c1-15(12-13-16-8-4-3-5-9-16)21-22-19(23)14-20-17-10-6-7-11-18(17)24-2/h3-13,20H,14H2,1-2H3,(H,22,23)/b13-12-,21-15-. The summed E-state index contributed by atoms with van der Waals surface area (Å²) in [6, 6.07) is 17.3. The van der Waals surface area contributed by atoms with Gasteiger partial charge in [0.2, 0.25) is 0 Å². The van der Waals surface area contributed by atoms with Crippen molar-refractivity contribution in [3.8, 4) is 5.75 Å². The van der Waals surface area contributed by atoms with E-state index < -0.39 is 0 Å². The molecular formula is C19H21N3O2. The van der Waals surface area contributed by atoms with Gasteiger partial charge < -0.3 is 10.1 Å². The van der Waals surface area contributed by atoms with Crippen LogP contribution >= 0.6 is 0 Å². The van der Waals surface area contributed by atoms with E-state index in [4.69, 9.17) is 4.74 Å². The summed E-state index contributed by atoms with van der Waals surface area (Å²) in [6.07, 6.45) is 3.79. The van der Waals surface area contributed by atoms with Crippen molar-refractivity contribution in [2.75, 3.05) is 19.0 Å². The van der Waals surface area contributed by atoms with E-state index in [1.165, 1.54) is 0 Å². The van der Waals surface area contributed by atoms with Gasteiger partial charge in [0.05, 0.1) is 25.1 Å². The molecule has 0 saturated carbocycles. The highest BCUT2D eigenvalue weighted by molar-refractivity contribution is 5.97. The maximum absolute atomic E-state index is 11.8. The van der Waals surface area contributed by atoms with Crippen LogP contribution in [0, 0.1) is 0 Å². The van der Waals surface area contributed by atoms with Crippen LogP contribution in [0.2, 0.25) is 0 Å². The predicted molar refractivity (Wildman–Crippen MR) is 98.2 cm³/mol. The fourth-order valence-corrected chi connectivity index (χ4v) is 1.97. The third-order valence-corrected chi connectivity index (χ3v) is 3.22. The Kier molecular flexibility index (Phi) is 6.58. The first-order chi connectivity index (χ1) is 11.7. The number of ether oxygens (including phenoxy) is 1. The molecule has 0 heterocycles. The lowest BCUT2D eigenvalue weighted by Crippen LogP contribution is -2.26. The number of para-hydroxylation sites is 2. The summed E-state index contributed by atoms with van der Waals surface area (Å²) in [5, 5.41) is 7.07. The lowest BCUT2D eigenvalue weighted by Gasteiger charge is -2.09. The molecule has 0 bridgehead atoms. The first kappa shape index (κ1) is 17.3. The zero-order valence-electron chi connectivity index (χ0n) is 13.8. The number of allylic oxidation sites excluding steroid dienone is 1. The molecule has 2 aromatic rings. The highest BCUT2D eigenvalue weighted by Gasteiger charge is 2.03. The molecule has 0 atom stereocenters. The molecule has 0 fully saturated rings. The molecule has 5 heteroatoms. The van der Waals surface area contributed by atoms with Crippen LogP contribution in [-0.2, 0) is 4.79 Å². The number of hydrogen-bond acceptors (Lipinski definition) is 4. The van der Waals surface area contributed by atoms with Gasteiger partial charge in [-0.25, -0.2) is 5.43 Å². The average molecular weight is 323 g/mol. The minimum absolute atomic E-state index is 0.111. The number of methoxy groups -OCH3 is 1. The molecule has 0 spiro atoms. The summed E-state index contributed by atoms with van der Waals surface area (Å²) in [5.74, 6) is 0.462. The van der Waals surface area contributed by atoms with E-state index >= 15 is 0 Å². The Hall–Kier alpha value is -3.08. The lowest BCUT2D eigenvalue weighted by molar-refractivity contribution is -0.119. The Balaban J connectivity index is 1.82. The average Bonchev–Trinajstić information content (AvgIpc) is 2.64. The molecule has 124 valence electrons. The number of nitrogens with zero attached hydrogens (tertiary/aromatic N) is 1. The van der Waals surface area contributed by atoms with Gasteiger partial charge in [-0.2, -0.15) is 5.10 Å². The Morgan fingerprint density at radius 3 is 2.58 bits per heavy atom. The monoisotopic (exact) mass is 323 g/mol. The van der Waals surface area contributed by atoms with Crippen LogP contribution in [0.25, 0.3) is 6.08 Å². The van der Waals surface area contributed by atoms with Crippen molar-refractivity contribution in [1.82, 2.24) is 5.43 Å². The number of benzene rings is 2. The molecule has 1 amide bonds. The molecule has 0 aromatic heterocycles. The number of carbonyl (C=O) groups is 1. The molecule has 2 N–H and O–H groups in total. The molecule has 0 aliphatic rings. The van der Waals surface area contributed by atoms with E-state index in [1.807, 2.05) is 73.7 Å². The Morgan fingerprint density at radius 2 is 1.83 bits per heavy atom. The number of hydrogen-bond donors (Lipinski definition) is 2. The highest BCUT2D eigenvalue weighted by atomic mass is 16.5. The van der Waals surface area contributed by atoms with Gasteiger partial charge in [0.1, 0.15) is 5.75 Å². The fourth-order valence-electron chi connectivity index (χ4n) is 1.97. The third kappa shape index (κ3) is 5.61. The molecule has 24 heavy (non-hydrogen) atoms. The summed E-state index contributed by atoms with van der Waals surface area (Å²) in [7, 11) is 1.59. The quantitative estimate of drug-likeness (QED) is 0.607. The van der Waals surface area contributed by atoms with Gasteiger partial charge >= 0.3 is 0 Å². The second-order valence-corrected chi connectivity index (χ2v) is 5.09. The van der Waals surface area contributed by atoms with Crippen molar-refractivity contribution in [3.63, 3.8) is 0 Å². The molecule has 0 aliphatic carbocycles.